The molecule has 0 aliphatic heterocycles. The van der Waals surface area contributed by atoms with Crippen LogP contribution in [0.2, 0.25) is 0 Å². The molecule has 0 unspecified atom stereocenters. The van der Waals surface area contributed by atoms with Crippen LogP contribution in [0.3, 0.4) is 0 Å². The van der Waals surface area contributed by atoms with Crippen LogP contribution < -0.4 is 4.65 Å². The zero-order chi connectivity index (χ0) is 10.1. The Morgan fingerprint density at radius 1 is 1.23 bits per heavy atom. The second-order valence-electron chi connectivity index (χ2n) is 3.12. The van der Waals surface area contributed by atoms with Crippen molar-refractivity contribution in [2.24, 2.45) is 0 Å². The normalized spacial score (nSPS) is 11.3. The Bertz CT molecular complexity index is 313. The number of nitro groups is 1. The van der Waals surface area contributed by atoms with E-state index in [0.29, 0.717) is 5.69 Å². The third-order valence-corrected chi connectivity index (χ3v) is 1.68. The minimum atomic E-state index is -0.585. The van der Waals surface area contributed by atoms with Gasteiger partial charge < -0.3 is 9.85 Å². The first kappa shape index (κ1) is 9.63. The van der Waals surface area contributed by atoms with E-state index >= 15 is 0 Å². The second kappa shape index (κ2) is 3.12. The highest BCUT2D eigenvalue weighted by Crippen LogP contribution is 2.20. The van der Waals surface area contributed by atoms with Gasteiger partial charge in [-0.3, -0.25) is 10.1 Å². The molecule has 1 aromatic carbocycles. The van der Waals surface area contributed by atoms with Crippen LogP contribution in [-0.4, -0.2) is 19.0 Å². The molecular formula is C8H10N2O3. The summed E-state index contributed by atoms with van der Waals surface area (Å²) in [7, 11) is 2.92. The van der Waals surface area contributed by atoms with Crippen LogP contribution in [0.25, 0.3) is 0 Å². The van der Waals surface area contributed by atoms with E-state index in [1.165, 1.54) is 38.4 Å². The number of hydroxylamine groups is 2. The average Bonchev–Trinajstić information content (AvgIpc) is 2.03. The summed E-state index contributed by atoms with van der Waals surface area (Å²) in [4.78, 5) is 9.79. The summed E-state index contributed by atoms with van der Waals surface area (Å²) < 4.78 is -0.585. The highest BCUT2D eigenvalue weighted by molar-refractivity contribution is 5.47. The zero-order valence-corrected chi connectivity index (χ0v) is 7.43. The van der Waals surface area contributed by atoms with Crippen molar-refractivity contribution >= 4 is 11.4 Å². The molecule has 0 N–H and O–H groups in total. The van der Waals surface area contributed by atoms with E-state index in [-0.39, 0.29) is 5.69 Å². The van der Waals surface area contributed by atoms with Gasteiger partial charge in [0, 0.05) is 24.3 Å². The molecule has 1 rings (SSSR count). The fraction of sp³-hybridized carbons (Fsp3) is 0.250. The molecule has 0 radical (unpaired) electrons. The van der Waals surface area contributed by atoms with Crippen molar-refractivity contribution in [1.29, 1.82) is 0 Å². The summed E-state index contributed by atoms with van der Waals surface area (Å²) in [5.74, 6) is 0. The number of hydrogen-bond acceptors (Lipinski definition) is 3. The predicted octanol–water partition coefficient (Wildman–Crippen LogP) is 1.66. The summed E-state index contributed by atoms with van der Waals surface area (Å²) in [6.07, 6.45) is 0. The van der Waals surface area contributed by atoms with Gasteiger partial charge in [-0.05, 0) is 0 Å². The van der Waals surface area contributed by atoms with Gasteiger partial charge in [-0.15, -0.1) is 0 Å². The second-order valence-corrected chi connectivity index (χ2v) is 3.12. The molecule has 0 bridgehead atoms. The van der Waals surface area contributed by atoms with E-state index in [1.807, 2.05) is 0 Å². The Morgan fingerprint density at radius 3 is 2.00 bits per heavy atom. The zero-order valence-electron chi connectivity index (χ0n) is 7.43. The third kappa shape index (κ3) is 2.24. The van der Waals surface area contributed by atoms with E-state index in [2.05, 4.69) is 0 Å². The fourth-order valence-corrected chi connectivity index (χ4v) is 0.933. The van der Waals surface area contributed by atoms with Crippen LogP contribution in [0.15, 0.2) is 24.3 Å². The average molecular weight is 182 g/mol. The molecule has 5 nitrogen and oxygen atoms in total. The lowest BCUT2D eigenvalue weighted by Crippen LogP contribution is -2.32. The number of nitrogens with zero attached hydrogens (tertiary/aromatic N) is 2. The number of nitro benzene ring substituents is 1. The Morgan fingerprint density at radius 2 is 1.69 bits per heavy atom. The van der Waals surface area contributed by atoms with Crippen LogP contribution in [0, 0.1) is 15.3 Å². The number of quaternary nitrogens is 1. The Kier molecular flexibility index (Phi) is 2.31. The molecule has 0 aliphatic rings. The minimum Gasteiger partial charge on any atom is -0.628 e. The minimum absolute atomic E-state index is 0.00259. The summed E-state index contributed by atoms with van der Waals surface area (Å²) in [5.41, 5.74) is 0.489. The maximum Gasteiger partial charge on any atom is 0.269 e. The van der Waals surface area contributed by atoms with Crippen molar-refractivity contribution < 1.29 is 4.92 Å². The molecule has 0 spiro atoms. The monoisotopic (exact) mass is 182 g/mol. The third-order valence-electron chi connectivity index (χ3n) is 1.68. The van der Waals surface area contributed by atoms with E-state index < -0.39 is 9.57 Å². The Hall–Kier alpha value is -1.46. The maximum absolute atomic E-state index is 11.4. The van der Waals surface area contributed by atoms with Gasteiger partial charge >= 0.3 is 0 Å². The molecule has 0 amide bonds. The van der Waals surface area contributed by atoms with Crippen molar-refractivity contribution in [2.45, 2.75) is 0 Å². The van der Waals surface area contributed by atoms with E-state index in [0.717, 1.165) is 0 Å². The fourth-order valence-electron chi connectivity index (χ4n) is 0.933. The molecule has 0 fully saturated rings. The molecule has 0 saturated carbocycles. The largest absolute Gasteiger partial charge is 0.628 e. The molecule has 1 aromatic rings. The smallest absolute Gasteiger partial charge is 0.269 e. The van der Waals surface area contributed by atoms with Crippen LogP contribution in [0.4, 0.5) is 11.4 Å². The maximum atomic E-state index is 11.4. The number of rotatable bonds is 2. The number of non-ortho nitro benzene ring substituents is 1. The van der Waals surface area contributed by atoms with E-state index in [4.69, 9.17) is 0 Å². The molecule has 0 saturated heterocycles. The van der Waals surface area contributed by atoms with Gasteiger partial charge in [0.2, 0.25) is 0 Å². The molecule has 70 valence electrons. The van der Waals surface area contributed by atoms with Crippen LogP contribution in [0.1, 0.15) is 0 Å². The molecule has 5 heteroatoms. The lowest BCUT2D eigenvalue weighted by atomic mass is 10.3. The first-order valence-corrected chi connectivity index (χ1v) is 3.71. The van der Waals surface area contributed by atoms with Gasteiger partial charge in [-0.1, -0.05) is 0 Å². The molecule has 13 heavy (non-hydrogen) atoms. The first-order valence-electron chi connectivity index (χ1n) is 3.71. The van der Waals surface area contributed by atoms with Crippen LogP contribution in [-0.2, 0) is 0 Å². The summed E-state index contributed by atoms with van der Waals surface area (Å²) in [5, 5.41) is 21.6. The molecular weight excluding hydrogens is 172 g/mol. The van der Waals surface area contributed by atoms with Gasteiger partial charge in [-0.25, -0.2) is 0 Å². The van der Waals surface area contributed by atoms with Crippen LogP contribution >= 0.6 is 0 Å². The Labute approximate surface area is 75.5 Å². The lowest BCUT2D eigenvalue weighted by molar-refractivity contribution is -0.384. The quantitative estimate of drug-likeness (QED) is 0.397. The van der Waals surface area contributed by atoms with Gasteiger partial charge in [0.15, 0.2) is 0 Å². The first-order chi connectivity index (χ1) is 5.91. The molecule has 0 aliphatic carbocycles. The highest BCUT2D eigenvalue weighted by Gasteiger charge is 2.10. The van der Waals surface area contributed by atoms with E-state index in [9.17, 15) is 15.3 Å². The van der Waals surface area contributed by atoms with Gasteiger partial charge in [-0.2, -0.15) is 0 Å². The lowest BCUT2D eigenvalue weighted by Gasteiger charge is -2.32. The van der Waals surface area contributed by atoms with E-state index in [1.54, 1.807) is 0 Å². The molecule has 0 atom stereocenters. The van der Waals surface area contributed by atoms with Crippen molar-refractivity contribution in [3.63, 3.8) is 0 Å². The summed E-state index contributed by atoms with van der Waals surface area (Å²) in [6.45, 7) is 0. The van der Waals surface area contributed by atoms with Crippen molar-refractivity contribution in [3.8, 4) is 0 Å². The van der Waals surface area contributed by atoms with Gasteiger partial charge in [0.25, 0.3) is 5.69 Å². The topological polar surface area (TPSA) is 66.2 Å². The van der Waals surface area contributed by atoms with Crippen molar-refractivity contribution in [1.82, 2.24) is 4.65 Å². The highest BCUT2D eigenvalue weighted by atomic mass is 16.6. The molecule has 0 heterocycles. The molecule has 0 aromatic heterocycles. The predicted molar refractivity (Wildman–Crippen MR) is 50.1 cm³/mol. The summed E-state index contributed by atoms with van der Waals surface area (Å²) >= 11 is 0. The van der Waals surface area contributed by atoms with Crippen molar-refractivity contribution in [2.75, 3.05) is 14.1 Å². The summed E-state index contributed by atoms with van der Waals surface area (Å²) in [6, 6.07) is 5.58. The standard InChI is InChI=1S/C8H10N2O3/c1-10(2,13)8-5-3-7(4-6-8)9(11)12/h3-6H,1-2H3. The van der Waals surface area contributed by atoms with Crippen molar-refractivity contribution in [3.05, 3.63) is 39.6 Å². The Balaban J connectivity index is 3.01. The SMILES string of the molecule is C[N+](C)([O-])c1ccc([N+](=O)[O-])cc1. The number of benzene rings is 1. The van der Waals surface area contributed by atoms with Gasteiger partial charge in [0.1, 0.15) is 5.69 Å². The number of hydrogen-bond donors (Lipinski definition) is 0. The van der Waals surface area contributed by atoms with Crippen LogP contribution in [0.5, 0.6) is 0 Å². The van der Waals surface area contributed by atoms with Gasteiger partial charge in [0.05, 0.1) is 19.0 Å².